The number of para-hydroxylation sites is 3. The molecule has 11 aromatic carbocycles. The maximum Gasteiger partial charge on any atom is 0.0768 e. The minimum absolute atomic E-state index is 0. The molecule has 17 rings (SSSR count). The van der Waals surface area contributed by atoms with E-state index in [0.717, 1.165) is 73.7 Å². The van der Waals surface area contributed by atoms with Crippen LogP contribution in [-0.2, 0) is 138 Å². The first-order chi connectivity index (χ1) is 48.5. The van der Waals surface area contributed by atoms with Crippen molar-refractivity contribution in [2.75, 3.05) is 0 Å². The van der Waals surface area contributed by atoms with Gasteiger partial charge in [0, 0.05) is 216 Å². The molecule has 6 heterocycles. The third-order valence-electron chi connectivity index (χ3n) is 15.2. The molecule has 0 aliphatic heterocycles. The van der Waals surface area contributed by atoms with Crippen molar-refractivity contribution in [3.63, 3.8) is 0 Å². The number of hydrogen-bond donors (Lipinski definition) is 0. The Morgan fingerprint density at radius 2 is 0.721 bits per heavy atom. The van der Waals surface area contributed by atoms with Gasteiger partial charge in [0.1, 0.15) is 0 Å². The normalized spacial score (nSPS) is 9.75. The van der Waals surface area contributed by atoms with Gasteiger partial charge in [-0.2, -0.15) is 82.0 Å². The standard InChI is InChI=1S/2C16H13N2.3C15H11N2.C9H7N2.3Ir.3Pt/c1-18-12-15(13-8-4-2-5-9-13)17-16(18)14-10-6-3-7-11-14;1-18-11-10-17-16(18)15-9-5-8-14(12-15)13-6-3-2-4-7-13;1-3-7-13(8-4-1)14-11-16-17(12-14)15-9-5-2-6-10-15;1-3-7-13(8-4-1)15-16-11-12-17(15)14-9-5-2-6-10-14;1-2-6-13(7-3-1)14-8-4-9-15(12-14)17-11-5-10-16-17;1-2-5-9(6-3-1)11-8-4-7-10-11;;;;;;/h2-10,12H,1H3;2-8,10-12H,1H3;1-9,11-12H;1-7,9-12H;1-8,10-12H;1-5,7-8H;;;;;;/q6*-1;;;;;;. The molecule has 533 valence electrons. The van der Waals surface area contributed by atoms with Crippen LogP contribution in [0.2, 0.25) is 0 Å². The number of rotatable bonds is 11. The maximum absolute atomic E-state index is 4.68. The zero-order valence-corrected chi connectivity index (χ0v) is 70.0. The van der Waals surface area contributed by atoms with Crippen LogP contribution >= 0.6 is 0 Å². The van der Waals surface area contributed by atoms with E-state index in [2.05, 4.69) is 156 Å². The van der Waals surface area contributed by atoms with Gasteiger partial charge in [0.2, 0.25) is 0 Å². The van der Waals surface area contributed by atoms with Gasteiger partial charge >= 0.3 is 0 Å². The van der Waals surface area contributed by atoms with E-state index in [1.165, 1.54) is 27.8 Å². The Morgan fingerprint density at radius 3 is 1.22 bits per heavy atom. The second-order valence-corrected chi connectivity index (χ2v) is 21.9. The summed E-state index contributed by atoms with van der Waals surface area (Å²) in [7, 11) is 4.00. The molecule has 0 fully saturated rings. The van der Waals surface area contributed by atoms with E-state index in [-0.39, 0.29) is 124 Å². The van der Waals surface area contributed by atoms with E-state index < -0.39 is 0 Å². The van der Waals surface area contributed by atoms with Crippen molar-refractivity contribution in [3.8, 4) is 102 Å². The molecule has 0 saturated heterocycles. The van der Waals surface area contributed by atoms with Crippen molar-refractivity contribution in [2.24, 2.45) is 14.1 Å². The quantitative estimate of drug-likeness (QED) is 0.119. The Labute approximate surface area is 691 Å². The third-order valence-corrected chi connectivity index (χ3v) is 15.2. The maximum atomic E-state index is 4.68. The van der Waals surface area contributed by atoms with Crippen LogP contribution in [0.4, 0.5) is 0 Å². The number of imidazole rings is 3. The Kier molecular flexibility index (Phi) is 35.7. The average Bonchev–Trinajstić information content (AvgIpc) is 1.65. The first kappa shape index (κ1) is 83.6. The first-order valence-electron chi connectivity index (χ1n) is 31.7. The fraction of sp³-hybridized carbons (Fsp3) is 0.0233. The van der Waals surface area contributed by atoms with Crippen LogP contribution < -0.4 is 0 Å². The van der Waals surface area contributed by atoms with E-state index in [0.29, 0.717) is 0 Å². The zero-order valence-electron chi connectivity index (χ0n) is 56.0. The predicted octanol–water partition coefficient (Wildman–Crippen LogP) is 18.8. The molecule has 0 amide bonds. The molecule has 0 aliphatic carbocycles. The van der Waals surface area contributed by atoms with Gasteiger partial charge in [0.25, 0.3) is 0 Å². The predicted molar refractivity (Wildman–Crippen MR) is 392 cm³/mol. The molecular weight excluding hydrogens is 2360 g/mol. The van der Waals surface area contributed by atoms with Crippen LogP contribution in [0, 0.1) is 36.4 Å². The van der Waals surface area contributed by atoms with Crippen molar-refractivity contribution in [3.05, 3.63) is 402 Å². The molecule has 17 aromatic rings. The molecule has 0 bridgehead atoms. The molecule has 6 aromatic heterocycles. The number of aryl methyl sites for hydroxylation is 2. The molecule has 12 nitrogen and oxygen atoms in total. The Balaban J connectivity index is 0.000000195. The Bertz CT molecular complexity index is 4990. The fourth-order valence-corrected chi connectivity index (χ4v) is 10.4. The average molecular weight is 2430 g/mol. The SMILES string of the molecule is Cn1cc(-c2ccccc2)nc1-c1[c-]cccc1.Cn1ccnc1-c1[c-]ccc(-c2ccccc2)c1.[Ir].[Ir].[Ir].[Pt].[Pt].[Pt].[c-]1ccc(-c2ccccc2)cc1-n1cccn1.[c-]1ccccc1-c1nccn1-c1ccccc1.[c-]1ccccc1-n1cc(-c2ccccc2)cn1.[c-]1ccccc1-n1cccn1. The molecule has 0 N–H and O–H groups in total. The fourth-order valence-electron chi connectivity index (χ4n) is 10.4. The summed E-state index contributed by atoms with van der Waals surface area (Å²) in [5.41, 5.74) is 16.2. The number of aromatic nitrogens is 12. The van der Waals surface area contributed by atoms with Crippen LogP contribution in [-0.4, -0.2) is 58.0 Å². The van der Waals surface area contributed by atoms with E-state index >= 15 is 0 Å². The topological polar surface area (TPSA) is 107 Å². The van der Waals surface area contributed by atoms with E-state index in [1.54, 1.807) is 23.3 Å². The second-order valence-electron chi connectivity index (χ2n) is 21.9. The summed E-state index contributed by atoms with van der Waals surface area (Å²) in [5, 5.41) is 12.6. The van der Waals surface area contributed by atoms with Gasteiger partial charge in [-0.25, -0.2) is 0 Å². The van der Waals surface area contributed by atoms with Gasteiger partial charge in [0.15, 0.2) is 0 Å². The van der Waals surface area contributed by atoms with Crippen molar-refractivity contribution in [1.82, 2.24) is 58.0 Å². The Hall–Kier alpha value is -9.31. The van der Waals surface area contributed by atoms with Crippen molar-refractivity contribution in [1.29, 1.82) is 0 Å². The van der Waals surface area contributed by atoms with E-state index in [9.17, 15) is 0 Å². The molecule has 0 aliphatic rings. The molecule has 0 atom stereocenters. The van der Waals surface area contributed by atoms with Gasteiger partial charge in [-0.1, -0.05) is 140 Å². The van der Waals surface area contributed by atoms with Crippen LogP contribution in [0.5, 0.6) is 0 Å². The van der Waals surface area contributed by atoms with Gasteiger partial charge < -0.3 is 13.7 Å². The van der Waals surface area contributed by atoms with Crippen molar-refractivity contribution < 1.29 is 124 Å². The minimum atomic E-state index is 0. The van der Waals surface area contributed by atoms with Crippen molar-refractivity contribution in [2.45, 2.75) is 0 Å². The smallest absolute Gasteiger partial charge is 0.0768 e. The molecule has 0 unspecified atom stereocenters. The molecule has 0 spiro atoms. The molecule has 104 heavy (non-hydrogen) atoms. The van der Waals surface area contributed by atoms with Gasteiger partial charge in [0.05, 0.1) is 29.4 Å². The second kappa shape index (κ2) is 44.4. The minimum Gasteiger partial charge on any atom is -0.373 e. The van der Waals surface area contributed by atoms with Crippen LogP contribution in [0.1, 0.15) is 0 Å². The molecule has 18 heteroatoms. The van der Waals surface area contributed by atoms with Gasteiger partial charge in [-0.05, 0) is 58.0 Å². The summed E-state index contributed by atoms with van der Waals surface area (Å²) in [6.45, 7) is 0. The Morgan fingerprint density at radius 1 is 0.288 bits per heavy atom. The zero-order chi connectivity index (χ0) is 66.8. The summed E-state index contributed by atoms with van der Waals surface area (Å²) < 4.78 is 11.5. The summed E-state index contributed by atoms with van der Waals surface area (Å²) in [4.78, 5) is 13.4. The number of nitrogens with zero attached hydrogens (tertiary/aromatic N) is 12. The summed E-state index contributed by atoms with van der Waals surface area (Å²) >= 11 is 0. The third kappa shape index (κ3) is 23.6. The summed E-state index contributed by atoms with van der Waals surface area (Å²) in [6.07, 6.45) is 20.8. The molecule has 0 saturated carbocycles. The largest absolute Gasteiger partial charge is 0.373 e. The molecule has 3 radical (unpaired) electrons. The van der Waals surface area contributed by atoms with E-state index in [4.69, 9.17) is 0 Å². The number of benzene rings is 11. The first-order valence-corrected chi connectivity index (χ1v) is 31.7. The van der Waals surface area contributed by atoms with Crippen LogP contribution in [0.15, 0.2) is 365 Å². The monoisotopic (exact) mass is 2430 g/mol. The van der Waals surface area contributed by atoms with Crippen LogP contribution in [0.3, 0.4) is 0 Å². The number of hydrogen-bond acceptors (Lipinski definition) is 6. The van der Waals surface area contributed by atoms with Crippen LogP contribution in [0.25, 0.3) is 102 Å². The summed E-state index contributed by atoms with van der Waals surface area (Å²) in [6, 6.07) is 118. The summed E-state index contributed by atoms with van der Waals surface area (Å²) in [5.74, 6) is 2.79. The van der Waals surface area contributed by atoms with Crippen molar-refractivity contribution >= 4 is 0 Å². The van der Waals surface area contributed by atoms with E-state index in [1.807, 2.05) is 294 Å². The molecular formula is C86H66Ir3N12Pt3-6. The van der Waals surface area contributed by atoms with Gasteiger partial charge in [-0.3, -0.25) is 29.0 Å². The van der Waals surface area contributed by atoms with Gasteiger partial charge in [-0.15, -0.1) is 131 Å².